The number of rotatable bonds is 6. The Morgan fingerprint density at radius 1 is 1.11 bits per heavy atom. The van der Waals surface area contributed by atoms with Crippen LogP contribution in [0.1, 0.15) is 12.0 Å². The second-order valence-electron chi connectivity index (χ2n) is 4.58. The van der Waals surface area contributed by atoms with Gasteiger partial charge in [0.25, 0.3) is 0 Å². The van der Waals surface area contributed by atoms with E-state index in [1.54, 1.807) is 11.9 Å². The summed E-state index contributed by atoms with van der Waals surface area (Å²) in [6.45, 7) is 0.488. The molecule has 0 fully saturated rings. The predicted octanol–water partition coefficient (Wildman–Crippen LogP) is 0.926. The number of carbonyl (C=O) groups excluding carboxylic acids is 1. The lowest BCUT2D eigenvalue weighted by atomic mass is 10.2. The maximum Gasteiger partial charge on any atom is 0.223 e. The van der Waals surface area contributed by atoms with E-state index in [1.807, 2.05) is 30.3 Å². The minimum absolute atomic E-state index is 0.00382. The maximum absolute atomic E-state index is 11.9. The molecule has 0 spiro atoms. The minimum Gasteiger partial charge on any atom is -0.341 e. The summed E-state index contributed by atoms with van der Waals surface area (Å²) in [5.74, 6) is -0.327. The lowest BCUT2D eigenvalue weighted by molar-refractivity contribution is -0.130. The van der Waals surface area contributed by atoms with E-state index in [0.29, 0.717) is 6.54 Å². The van der Waals surface area contributed by atoms with Gasteiger partial charge in [0.05, 0.1) is 5.75 Å². The van der Waals surface area contributed by atoms with E-state index < -0.39 is 10.0 Å². The Balaban J connectivity index is 2.50. The summed E-state index contributed by atoms with van der Waals surface area (Å²) in [7, 11) is 1.30. The minimum atomic E-state index is -3.31. The molecule has 106 valence electrons. The van der Waals surface area contributed by atoms with E-state index >= 15 is 0 Å². The zero-order valence-electron chi connectivity index (χ0n) is 11.5. The highest BCUT2D eigenvalue weighted by molar-refractivity contribution is 7.89. The molecule has 19 heavy (non-hydrogen) atoms. The van der Waals surface area contributed by atoms with Crippen LogP contribution in [0.25, 0.3) is 0 Å². The van der Waals surface area contributed by atoms with Crippen LogP contribution in [-0.4, -0.2) is 50.4 Å². The fraction of sp³-hybridized carbons (Fsp3) is 0.462. The van der Waals surface area contributed by atoms with E-state index in [4.69, 9.17) is 0 Å². The predicted molar refractivity (Wildman–Crippen MR) is 75.0 cm³/mol. The molecule has 0 aliphatic heterocycles. The summed E-state index contributed by atoms with van der Waals surface area (Å²) in [5.41, 5.74) is 1.02. The van der Waals surface area contributed by atoms with Crippen LogP contribution in [-0.2, 0) is 21.4 Å². The molecule has 6 heteroatoms. The van der Waals surface area contributed by atoms with E-state index in [0.717, 1.165) is 9.87 Å². The Kier molecular flexibility index (Phi) is 5.50. The number of nitrogens with zero attached hydrogens (tertiary/aromatic N) is 2. The first kappa shape index (κ1) is 15.7. The van der Waals surface area contributed by atoms with Gasteiger partial charge in [0.1, 0.15) is 0 Å². The molecule has 0 aromatic heterocycles. The zero-order valence-corrected chi connectivity index (χ0v) is 12.4. The van der Waals surface area contributed by atoms with Gasteiger partial charge in [-0.3, -0.25) is 4.79 Å². The molecule has 0 atom stereocenters. The van der Waals surface area contributed by atoms with Crippen LogP contribution < -0.4 is 0 Å². The lowest BCUT2D eigenvalue weighted by Gasteiger charge is -2.18. The first-order valence-corrected chi connectivity index (χ1v) is 7.62. The third kappa shape index (κ3) is 5.00. The van der Waals surface area contributed by atoms with Crippen molar-refractivity contribution in [2.45, 2.75) is 13.0 Å². The first-order valence-electron chi connectivity index (χ1n) is 6.01. The standard InChI is InChI=1S/C13H20N2O3S/c1-14(2)19(17,18)10-9-13(16)15(3)11-12-7-5-4-6-8-12/h4-8H,9-11H2,1-3H3. The summed E-state index contributed by atoms with van der Waals surface area (Å²) in [6, 6.07) is 9.59. The number of hydrogen-bond donors (Lipinski definition) is 0. The molecule has 0 unspecified atom stereocenters. The van der Waals surface area contributed by atoms with Crippen LogP contribution in [0.15, 0.2) is 30.3 Å². The summed E-state index contributed by atoms with van der Waals surface area (Å²) in [5, 5.41) is 0. The molecule has 1 rings (SSSR count). The molecule has 0 heterocycles. The van der Waals surface area contributed by atoms with Crippen molar-refractivity contribution in [3.63, 3.8) is 0 Å². The van der Waals surface area contributed by atoms with Crippen LogP contribution in [0.3, 0.4) is 0 Å². The molecule has 1 amide bonds. The molecule has 0 aliphatic rings. The molecule has 0 N–H and O–H groups in total. The molecule has 1 aromatic rings. The normalized spacial score (nSPS) is 11.6. The highest BCUT2D eigenvalue weighted by atomic mass is 32.2. The van der Waals surface area contributed by atoms with Crippen LogP contribution in [0, 0.1) is 0 Å². The van der Waals surface area contributed by atoms with Crippen molar-refractivity contribution in [3.8, 4) is 0 Å². The molecule has 0 saturated carbocycles. The summed E-state index contributed by atoms with van der Waals surface area (Å²) < 4.78 is 24.3. The van der Waals surface area contributed by atoms with E-state index in [-0.39, 0.29) is 18.1 Å². The van der Waals surface area contributed by atoms with Crippen molar-refractivity contribution < 1.29 is 13.2 Å². The van der Waals surface area contributed by atoms with Gasteiger partial charge >= 0.3 is 0 Å². The van der Waals surface area contributed by atoms with Crippen LogP contribution in [0.5, 0.6) is 0 Å². The van der Waals surface area contributed by atoms with E-state index in [9.17, 15) is 13.2 Å². The average Bonchev–Trinajstić information content (AvgIpc) is 2.37. The van der Waals surface area contributed by atoms with Gasteiger partial charge in [-0.05, 0) is 5.56 Å². The molecule has 0 saturated heterocycles. The Morgan fingerprint density at radius 2 is 1.68 bits per heavy atom. The molecule has 5 nitrogen and oxygen atoms in total. The summed E-state index contributed by atoms with van der Waals surface area (Å²) in [4.78, 5) is 13.4. The van der Waals surface area contributed by atoms with Gasteiger partial charge < -0.3 is 4.90 Å². The largest absolute Gasteiger partial charge is 0.341 e. The first-order chi connectivity index (χ1) is 8.83. The van der Waals surface area contributed by atoms with Gasteiger partial charge in [-0.1, -0.05) is 30.3 Å². The molecular formula is C13H20N2O3S. The van der Waals surface area contributed by atoms with Crippen molar-refractivity contribution >= 4 is 15.9 Å². The zero-order chi connectivity index (χ0) is 14.5. The van der Waals surface area contributed by atoms with E-state index in [1.165, 1.54) is 14.1 Å². The third-order valence-corrected chi connectivity index (χ3v) is 4.65. The topological polar surface area (TPSA) is 57.7 Å². The highest BCUT2D eigenvalue weighted by Crippen LogP contribution is 2.05. The van der Waals surface area contributed by atoms with Gasteiger partial charge in [0, 0.05) is 34.1 Å². The number of carbonyl (C=O) groups is 1. The van der Waals surface area contributed by atoms with Crippen molar-refractivity contribution in [3.05, 3.63) is 35.9 Å². The fourth-order valence-electron chi connectivity index (χ4n) is 1.54. The van der Waals surface area contributed by atoms with Crippen LogP contribution in [0.2, 0.25) is 0 Å². The van der Waals surface area contributed by atoms with Gasteiger partial charge in [0.15, 0.2) is 0 Å². The molecule has 0 bridgehead atoms. The van der Waals surface area contributed by atoms with Crippen LogP contribution >= 0.6 is 0 Å². The van der Waals surface area contributed by atoms with Gasteiger partial charge in [-0.15, -0.1) is 0 Å². The van der Waals surface area contributed by atoms with Gasteiger partial charge in [-0.25, -0.2) is 12.7 Å². The Morgan fingerprint density at radius 3 is 2.21 bits per heavy atom. The summed E-state index contributed by atoms with van der Waals surface area (Å²) in [6.07, 6.45) is 0.00382. The fourth-order valence-corrected chi connectivity index (χ4v) is 2.33. The smallest absolute Gasteiger partial charge is 0.223 e. The molecular weight excluding hydrogens is 264 g/mol. The quantitative estimate of drug-likeness (QED) is 0.781. The number of amides is 1. The highest BCUT2D eigenvalue weighted by Gasteiger charge is 2.17. The van der Waals surface area contributed by atoms with Gasteiger partial charge in [-0.2, -0.15) is 0 Å². The molecule has 1 aromatic carbocycles. The summed E-state index contributed by atoms with van der Waals surface area (Å²) >= 11 is 0. The molecule has 0 aliphatic carbocycles. The number of sulfonamides is 1. The van der Waals surface area contributed by atoms with Crippen LogP contribution in [0.4, 0.5) is 0 Å². The van der Waals surface area contributed by atoms with Crippen molar-refractivity contribution in [1.82, 2.24) is 9.21 Å². The van der Waals surface area contributed by atoms with Crippen molar-refractivity contribution in [2.24, 2.45) is 0 Å². The molecule has 0 radical (unpaired) electrons. The maximum atomic E-state index is 11.9. The van der Waals surface area contributed by atoms with Gasteiger partial charge in [0.2, 0.25) is 15.9 Å². The number of hydrogen-bond acceptors (Lipinski definition) is 3. The lowest BCUT2D eigenvalue weighted by Crippen LogP contribution is -2.31. The van der Waals surface area contributed by atoms with Crippen molar-refractivity contribution in [2.75, 3.05) is 26.9 Å². The third-order valence-electron chi connectivity index (χ3n) is 2.82. The second-order valence-corrected chi connectivity index (χ2v) is 6.89. The Bertz CT molecular complexity index is 512. The number of benzene rings is 1. The van der Waals surface area contributed by atoms with E-state index in [2.05, 4.69) is 0 Å². The second kappa shape index (κ2) is 6.68. The SMILES string of the molecule is CN(Cc1ccccc1)C(=O)CCS(=O)(=O)N(C)C. The Labute approximate surface area is 114 Å². The average molecular weight is 284 g/mol. The van der Waals surface area contributed by atoms with Crippen molar-refractivity contribution in [1.29, 1.82) is 0 Å². The Hall–Kier alpha value is -1.40. The monoisotopic (exact) mass is 284 g/mol.